The summed E-state index contributed by atoms with van der Waals surface area (Å²) in [6.07, 6.45) is 4.39. The zero-order valence-electron chi connectivity index (χ0n) is 11.8. The molecule has 1 aromatic carbocycles. The quantitative estimate of drug-likeness (QED) is 0.927. The summed E-state index contributed by atoms with van der Waals surface area (Å²) >= 11 is 2.00. The van der Waals surface area contributed by atoms with Gasteiger partial charge in [0.05, 0.1) is 12.2 Å². The molecule has 3 rings (SSSR count). The van der Waals surface area contributed by atoms with Crippen molar-refractivity contribution in [3.05, 3.63) is 29.8 Å². The van der Waals surface area contributed by atoms with Gasteiger partial charge < -0.3 is 15.2 Å². The Morgan fingerprint density at radius 2 is 2.40 bits per heavy atom. The van der Waals surface area contributed by atoms with Gasteiger partial charge in [-0.05, 0) is 42.8 Å². The van der Waals surface area contributed by atoms with E-state index in [2.05, 4.69) is 18.2 Å². The molecule has 2 N–H and O–H groups in total. The third kappa shape index (κ3) is 3.30. The summed E-state index contributed by atoms with van der Waals surface area (Å²) in [5, 5.41) is 0. The fourth-order valence-electron chi connectivity index (χ4n) is 3.08. The summed E-state index contributed by atoms with van der Waals surface area (Å²) in [6.45, 7) is 1.51. The molecule has 2 unspecified atom stereocenters. The highest BCUT2D eigenvalue weighted by Crippen LogP contribution is 2.39. The van der Waals surface area contributed by atoms with Gasteiger partial charge in [-0.2, -0.15) is 11.8 Å². The molecular weight excluding hydrogens is 270 g/mol. The zero-order chi connectivity index (χ0) is 13.8. The number of hydrogen-bond acceptors (Lipinski definition) is 4. The molecule has 2 saturated heterocycles. The van der Waals surface area contributed by atoms with Crippen molar-refractivity contribution in [2.24, 2.45) is 5.73 Å². The molecule has 0 radical (unpaired) electrons. The normalized spacial score (nSPS) is 29.8. The van der Waals surface area contributed by atoms with Crippen LogP contribution in [0.3, 0.4) is 0 Å². The van der Waals surface area contributed by atoms with Crippen molar-refractivity contribution in [3.8, 4) is 5.75 Å². The first-order valence-corrected chi connectivity index (χ1v) is 8.63. The van der Waals surface area contributed by atoms with E-state index in [1.807, 2.05) is 17.8 Å². The molecule has 2 aliphatic rings. The van der Waals surface area contributed by atoms with Crippen LogP contribution in [0.2, 0.25) is 0 Å². The van der Waals surface area contributed by atoms with E-state index >= 15 is 0 Å². The summed E-state index contributed by atoms with van der Waals surface area (Å²) in [5.74, 6) is 3.32. The van der Waals surface area contributed by atoms with Crippen LogP contribution in [0.25, 0.3) is 0 Å². The third-order valence-electron chi connectivity index (χ3n) is 4.15. The molecule has 0 aliphatic carbocycles. The van der Waals surface area contributed by atoms with E-state index in [4.69, 9.17) is 15.2 Å². The van der Waals surface area contributed by atoms with E-state index in [0.29, 0.717) is 6.54 Å². The van der Waals surface area contributed by atoms with Crippen molar-refractivity contribution in [3.63, 3.8) is 0 Å². The minimum Gasteiger partial charge on any atom is -0.490 e. The molecule has 2 atom stereocenters. The van der Waals surface area contributed by atoms with E-state index in [0.717, 1.165) is 37.4 Å². The van der Waals surface area contributed by atoms with Crippen molar-refractivity contribution >= 4 is 11.8 Å². The van der Waals surface area contributed by atoms with Crippen LogP contribution in [-0.2, 0) is 11.2 Å². The SMILES string of the molecule is NCCc1cccc(OC2CCOC3(CCSC3)C2)c1. The summed E-state index contributed by atoms with van der Waals surface area (Å²) in [4.78, 5) is 0. The highest BCUT2D eigenvalue weighted by atomic mass is 32.2. The van der Waals surface area contributed by atoms with Gasteiger partial charge in [-0.3, -0.25) is 0 Å². The predicted octanol–water partition coefficient (Wildman–Crippen LogP) is 2.62. The summed E-state index contributed by atoms with van der Waals surface area (Å²) in [7, 11) is 0. The van der Waals surface area contributed by atoms with E-state index in [1.165, 1.54) is 17.7 Å². The molecule has 2 fully saturated rings. The van der Waals surface area contributed by atoms with Gasteiger partial charge in [-0.25, -0.2) is 0 Å². The molecule has 110 valence electrons. The average molecular weight is 293 g/mol. The number of ether oxygens (including phenoxy) is 2. The van der Waals surface area contributed by atoms with Crippen LogP contribution < -0.4 is 10.5 Å². The minimum absolute atomic E-state index is 0.0858. The second-order valence-corrected chi connectivity index (χ2v) is 6.86. The molecule has 1 spiro atoms. The monoisotopic (exact) mass is 293 g/mol. The van der Waals surface area contributed by atoms with Gasteiger partial charge in [0.1, 0.15) is 11.9 Å². The third-order valence-corrected chi connectivity index (χ3v) is 5.37. The topological polar surface area (TPSA) is 44.5 Å². The lowest BCUT2D eigenvalue weighted by molar-refractivity contribution is -0.0959. The van der Waals surface area contributed by atoms with Crippen LogP contribution in [-0.4, -0.2) is 36.4 Å². The zero-order valence-corrected chi connectivity index (χ0v) is 12.7. The van der Waals surface area contributed by atoms with Gasteiger partial charge in [0.25, 0.3) is 0 Å². The van der Waals surface area contributed by atoms with Crippen molar-refractivity contribution < 1.29 is 9.47 Å². The maximum atomic E-state index is 6.20. The predicted molar refractivity (Wildman–Crippen MR) is 83.5 cm³/mol. The minimum atomic E-state index is 0.0858. The molecule has 1 aromatic rings. The lowest BCUT2D eigenvalue weighted by Crippen LogP contribution is -2.43. The van der Waals surface area contributed by atoms with Crippen LogP contribution >= 0.6 is 11.8 Å². The fraction of sp³-hybridized carbons (Fsp3) is 0.625. The van der Waals surface area contributed by atoms with Crippen LogP contribution in [0, 0.1) is 0 Å². The number of hydrogen-bond donors (Lipinski definition) is 1. The smallest absolute Gasteiger partial charge is 0.119 e. The molecule has 20 heavy (non-hydrogen) atoms. The lowest BCUT2D eigenvalue weighted by atomic mass is 9.91. The van der Waals surface area contributed by atoms with Crippen molar-refractivity contribution in [1.29, 1.82) is 0 Å². The van der Waals surface area contributed by atoms with Crippen molar-refractivity contribution in [2.75, 3.05) is 24.7 Å². The Balaban J connectivity index is 1.63. The first-order chi connectivity index (χ1) is 9.80. The van der Waals surface area contributed by atoms with Gasteiger partial charge in [-0.15, -0.1) is 0 Å². The first-order valence-electron chi connectivity index (χ1n) is 7.47. The van der Waals surface area contributed by atoms with Crippen LogP contribution in [0.1, 0.15) is 24.8 Å². The largest absolute Gasteiger partial charge is 0.490 e. The van der Waals surface area contributed by atoms with Gasteiger partial charge in [0.15, 0.2) is 0 Å². The lowest BCUT2D eigenvalue weighted by Gasteiger charge is -2.37. The Bertz CT molecular complexity index is 446. The molecule has 0 amide bonds. The second-order valence-electron chi connectivity index (χ2n) is 5.75. The Labute approximate surface area is 125 Å². The maximum Gasteiger partial charge on any atom is 0.119 e. The van der Waals surface area contributed by atoms with Gasteiger partial charge in [0, 0.05) is 18.6 Å². The molecule has 0 aromatic heterocycles. The highest BCUT2D eigenvalue weighted by Gasteiger charge is 2.41. The van der Waals surface area contributed by atoms with Gasteiger partial charge >= 0.3 is 0 Å². The fourth-order valence-corrected chi connectivity index (χ4v) is 4.46. The standard InChI is InChI=1S/C16H23NO2S/c17-7-4-13-2-1-3-14(10-13)19-15-5-8-18-16(11-15)6-9-20-12-16/h1-3,10,15H,4-9,11-12,17H2. The first kappa shape index (κ1) is 14.2. The summed E-state index contributed by atoms with van der Waals surface area (Å²) in [6, 6.07) is 8.34. The molecule has 0 bridgehead atoms. The number of nitrogens with two attached hydrogens (primary N) is 1. The molecule has 2 aliphatic heterocycles. The summed E-state index contributed by atoms with van der Waals surface area (Å²) in [5.41, 5.74) is 6.95. The average Bonchev–Trinajstić information content (AvgIpc) is 2.87. The Morgan fingerprint density at radius 3 is 3.20 bits per heavy atom. The highest BCUT2D eigenvalue weighted by molar-refractivity contribution is 7.99. The number of rotatable bonds is 4. The second kappa shape index (κ2) is 6.37. The number of benzene rings is 1. The van der Waals surface area contributed by atoms with E-state index in [-0.39, 0.29) is 11.7 Å². The Kier molecular flexibility index (Phi) is 4.54. The van der Waals surface area contributed by atoms with Crippen LogP contribution in [0.5, 0.6) is 5.75 Å². The number of thioether (sulfide) groups is 1. The van der Waals surface area contributed by atoms with Crippen molar-refractivity contribution in [2.45, 2.75) is 37.4 Å². The Morgan fingerprint density at radius 1 is 1.45 bits per heavy atom. The Hall–Kier alpha value is -0.710. The van der Waals surface area contributed by atoms with Crippen LogP contribution in [0.15, 0.2) is 24.3 Å². The van der Waals surface area contributed by atoms with Gasteiger partial charge in [0.2, 0.25) is 0 Å². The van der Waals surface area contributed by atoms with Crippen LogP contribution in [0.4, 0.5) is 0 Å². The maximum absolute atomic E-state index is 6.20. The van der Waals surface area contributed by atoms with E-state index in [1.54, 1.807) is 0 Å². The summed E-state index contributed by atoms with van der Waals surface area (Å²) < 4.78 is 12.2. The van der Waals surface area contributed by atoms with Crippen molar-refractivity contribution in [1.82, 2.24) is 0 Å². The molecular formula is C16H23NO2S. The van der Waals surface area contributed by atoms with E-state index in [9.17, 15) is 0 Å². The van der Waals surface area contributed by atoms with Gasteiger partial charge in [-0.1, -0.05) is 12.1 Å². The molecule has 3 nitrogen and oxygen atoms in total. The van der Waals surface area contributed by atoms with E-state index < -0.39 is 0 Å². The molecule has 4 heteroatoms. The molecule has 0 saturated carbocycles. The molecule has 2 heterocycles.